The fourth-order valence-electron chi connectivity index (χ4n) is 2.18. The first kappa shape index (κ1) is 18.9. The molecule has 1 heterocycles. The maximum Gasteiger partial charge on any atom is 0.246 e. The molecule has 134 valence electrons. The van der Waals surface area contributed by atoms with E-state index in [1.807, 2.05) is 31.2 Å². The Morgan fingerprint density at radius 3 is 2.88 bits per heavy atom. The molecule has 2 N–H and O–H groups in total. The number of carbonyl (C=O) groups is 1. The number of guanidine groups is 1. The van der Waals surface area contributed by atoms with Crippen molar-refractivity contribution in [1.29, 1.82) is 0 Å². The van der Waals surface area contributed by atoms with Crippen molar-refractivity contribution in [3.63, 3.8) is 0 Å². The molecular formula is C17H22FN5OS. The van der Waals surface area contributed by atoms with Gasteiger partial charge in [0, 0.05) is 24.7 Å². The third kappa shape index (κ3) is 6.15. The number of carbonyl (C=O) groups excluding carboxylic acids is 1. The van der Waals surface area contributed by atoms with Crippen LogP contribution in [-0.4, -0.2) is 41.9 Å². The van der Waals surface area contributed by atoms with Crippen LogP contribution < -0.4 is 10.6 Å². The molecule has 0 atom stereocenters. The van der Waals surface area contributed by atoms with Crippen molar-refractivity contribution in [3.8, 4) is 0 Å². The number of nitrogens with one attached hydrogen (secondary N) is 2. The summed E-state index contributed by atoms with van der Waals surface area (Å²) in [6, 6.07) is 5.77. The van der Waals surface area contributed by atoms with E-state index in [1.165, 1.54) is 12.1 Å². The van der Waals surface area contributed by atoms with Gasteiger partial charge in [0.15, 0.2) is 5.96 Å². The van der Waals surface area contributed by atoms with Crippen molar-refractivity contribution < 1.29 is 9.18 Å². The molecule has 0 saturated carbocycles. The third-order valence-corrected chi connectivity index (χ3v) is 4.07. The Morgan fingerprint density at radius 1 is 1.44 bits per heavy atom. The summed E-state index contributed by atoms with van der Waals surface area (Å²) in [5.74, 6) is -0.0885. The second-order valence-electron chi connectivity index (χ2n) is 5.44. The van der Waals surface area contributed by atoms with Gasteiger partial charge in [-0.2, -0.15) is 0 Å². The van der Waals surface area contributed by atoms with E-state index in [0.29, 0.717) is 24.7 Å². The lowest BCUT2D eigenvalue weighted by Gasteiger charge is -2.21. The number of halogens is 1. The molecule has 0 unspecified atom stereocenters. The molecule has 1 amide bonds. The fourth-order valence-corrected chi connectivity index (χ4v) is 2.79. The Labute approximate surface area is 150 Å². The zero-order valence-electron chi connectivity index (χ0n) is 14.5. The van der Waals surface area contributed by atoms with Crippen LogP contribution in [0.3, 0.4) is 0 Å². The SMILES string of the molecule is CCNC(=NCC(=O)Nc1cccc(F)c1)N(C)Cc1csc(C)n1. The Bertz CT molecular complexity index is 746. The molecule has 2 rings (SSSR count). The van der Waals surface area contributed by atoms with E-state index >= 15 is 0 Å². The quantitative estimate of drug-likeness (QED) is 0.611. The Hall–Kier alpha value is -2.48. The van der Waals surface area contributed by atoms with Crippen molar-refractivity contribution in [1.82, 2.24) is 15.2 Å². The van der Waals surface area contributed by atoms with Crippen LogP contribution >= 0.6 is 11.3 Å². The van der Waals surface area contributed by atoms with Gasteiger partial charge in [0.1, 0.15) is 12.4 Å². The average Bonchev–Trinajstić information content (AvgIpc) is 2.96. The molecule has 0 aliphatic rings. The number of thiazole rings is 1. The minimum atomic E-state index is -0.395. The number of aliphatic imine (C=N–C) groups is 1. The van der Waals surface area contributed by atoms with Gasteiger partial charge in [-0.05, 0) is 32.0 Å². The van der Waals surface area contributed by atoms with E-state index in [1.54, 1.807) is 23.5 Å². The summed E-state index contributed by atoms with van der Waals surface area (Å²) in [7, 11) is 1.89. The summed E-state index contributed by atoms with van der Waals surface area (Å²) in [6.07, 6.45) is 0. The Morgan fingerprint density at radius 2 is 2.24 bits per heavy atom. The summed E-state index contributed by atoms with van der Waals surface area (Å²) in [5, 5.41) is 8.80. The zero-order chi connectivity index (χ0) is 18.2. The van der Waals surface area contributed by atoms with Crippen LogP contribution in [0.5, 0.6) is 0 Å². The first-order valence-electron chi connectivity index (χ1n) is 7.93. The lowest BCUT2D eigenvalue weighted by atomic mass is 10.3. The summed E-state index contributed by atoms with van der Waals surface area (Å²) >= 11 is 1.60. The zero-order valence-corrected chi connectivity index (χ0v) is 15.4. The molecule has 8 heteroatoms. The monoisotopic (exact) mass is 363 g/mol. The molecule has 0 fully saturated rings. The molecule has 0 aliphatic heterocycles. The summed E-state index contributed by atoms with van der Waals surface area (Å²) < 4.78 is 13.1. The van der Waals surface area contributed by atoms with Crippen LogP contribution in [0.4, 0.5) is 10.1 Å². The van der Waals surface area contributed by atoms with Gasteiger partial charge in [-0.15, -0.1) is 11.3 Å². The summed E-state index contributed by atoms with van der Waals surface area (Å²) in [5.41, 5.74) is 1.37. The van der Waals surface area contributed by atoms with E-state index in [2.05, 4.69) is 20.6 Å². The van der Waals surface area contributed by atoms with E-state index in [0.717, 1.165) is 10.7 Å². The molecule has 0 aliphatic carbocycles. The van der Waals surface area contributed by atoms with Crippen molar-refractivity contribution in [2.75, 3.05) is 25.5 Å². The van der Waals surface area contributed by atoms with Crippen molar-refractivity contribution in [2.45, 2.75) is 20.4 Å². The lowest BCUT2D eigenvalue weighted by molar-refractivity contribution is -0.114. The summed E-state index contributed by atoms with van der Waals surface area (Å²) in [6.45, 7) is 5.15. The smallest absolute Gasteiger partial charge is 0.246 e. The van der Waals surface area contributed by atoms with Gasteiger partial charge in [-0.3, -0.25) is 4.79 Å². The normalized spacial score (nSPS) is 11.3. The van der Waals surface area contributed by atoms with E-state index in [4.69, 9.17) is 0 Å². The van der Waals surface area contributed by atoms with Crippen LogP contribution in [0.25, 0.3) is 0 Å². The number of hydrogen-bond donors (Lipinski definition) is 2. The average molecular weight is 363 g/mol. The number of aryl methyl sites for hydroxylation is 1. The van der Waals surface area contributed by atoms with Crippen LogP contribution in [0.2, 0.25) is 0 Å². The molecule has 0 saturated heterocycles. The van der Waals surface area contributed by atoms with Gasteiger partial charge in [0.05, 0.1) is 17.2 Å². The van der Waals surface area contributed by atoms with Gasteiger partial charge in [0.2, 0.25) is 5.91 Å². The largest absolute Gasteiger partial charge is 0.357 e. The van der Waals surface area contributed by atoms with Gasteiger partial charge < -0.3 is 15.5 Å². The molecule has 1 aromatic heterocycles. The standard InChI is InChI=1S/C17H22FN5OS/c1-4-19-17(23(3)10-15-11-25-12(2)21-15)20-9-16(24)22-14-7-5-6-13(18)8-14/h5-8,11H,4,9-10H2,1-3H3,(H,19,20)(H,22,24). The van der Waals surface area contributed by atoms with Gasteiger partial charge >= 0.3 is 0 Å². The van der Waals surface area contributed by atoms with Crippen LogP contribution in [0.1, 0.15) is 17.6 Å². The second-order valence-corrected chi connectivity index (χ2v) is 6.50. The highest BCUT2D eigenvalue weighted by Gasteiger charge is 2.10. The van der Waals surface area contributed by atoms with Crippen LogP contribution in [0, 0.1) is 12.7 Å². The van der Waals surface area contributed by atoms with E-state index < -0.39 is 5.82 Å². The van der Waals surface area contributed by atoms with Crippen molar-refractivity contribution >= 4 is 28.9 Å². The highest BCUT2D eigenvalue weighted by atomic mass is 32.1. The molecule has 0 radical (unpaired) electrons. The molecule has 0 bridgehead atoms. The maximum atomic E-state index is 13.1. The number of rotatable bonds is 6. The Kier molecular flexibility index (Phi) is 6.88. The predicted octanol–water partition coefficient (Wildman–Crippen LogP) is 2.63. The summed E-state index contributed by atoms with van der Waals surface area (Å²) in [4.78, 5) is 22.7. The van der Waals surface area contributed by atoms with Crippen LogP contribution in [-0.2, 0) is 11.3 Å². The molecule has 2 aromatic rings. The minimum absolute atomic E-state index is 0.0563. The number of aromatic nitrogens is 1. The lowest BCUT2D eigenvalue weighted by Crippen LogP contribution is -2.39. The molecule has 1 aromatic carbocycles. The highest BCUT2D eigenvalue weighted by molar-refractivity contribution is 7.09. The third-order valence-electron chi connectivity index (χ3n) is 3.24. The predicted molar refractivity (Wildman–Crippen MR) is 99.3 cm³/mol. The second kappa shape index (κ2) is 9.12. The van der Waals surface area contributed by atoms with Gasteiger partial charge in [0.25, 0.3) is 0 Å². The number of anilines is 1. The topological polar surface area (TPSA) is 69.6 Å². The minimum Gasteiger partial charge on any atom is -0.357 e. The van der Waals surface area contributed by atoms with E-state index in [-0.39, 0.29) is 12.5 Å². The molecule has 25 heavy (non-hydrogen) atoms. The molecule has 6 nitrogen and oxygen atoms in total. The number of amides is 1. The van der Waals surface area contributed by atoms with Crippen LogP contribution in [0.15, 0.2) is 34.6 Å². The number of hydrogen-bond acceptors (Lipinski definition) is 4. The first-order chi connectivity index (χ1) is 12.0. The molecule has 0 spiro atoms. The molecular weight excluding hydrogens is 341 g/mol. The Balaban J connectivity index is 1.96. The van der Waals surface area contributed by atoms with Crippen molar-refractivity contribution in [2.24, 2.45) is 4.99 Å². The van der Waals surface area contributed by atoms with Crippen molar-refractivity contribution in [3.05, 3.63) is 46.2 Å². The van der Waals surface area contributed by atoms with Gasteiger partial charge in [-0.25, -0.2) is 14.4 Å². The first-order valence-corrected chi connectivity index (χ1v) is 8.81. The van der Waals surface area contributed by atoms with Gasteiger partial charge in [-0.1, -0.05) is 6.07 Å². The number of nitrogens with zero attached hydrogens (tertiary/aromatic N) is 3. The fraction of sp³-hybridized carbons (Fsp3) is 0.353. The highest BCUT2D eigenvalue weighted by Crippen LogP contribution is 2.10. The maximum absolute atomic E-state index is 13.1. The van der Waals surface area contributed by atoms with E-state index in [9.17, 15) is 9.18 Å². The number of benzene rings is 1.